The Morgan fingerprint density at radius 3 is 2.89 bits per heavy atom. The standard InChI is InChI=1S/C16H17NO/c1-12-5-4-7-15(9-12)18-11-14-10-13-6-2-3-8-16(13)17-14/h2-9,14,17H,10-11H2,1H3. The first kappa shape index (κ1) is 11.1. The summed E-state index contributed by atoms with van der Waals surface area (Å²) in [6, 6.07) is 17.0. The molecule has 0 amide bonds. The molecule has 0 fully saturated rings. The molecule has 1 atom stereocenters. The summed E-state index contributed by atoms with van der Waals surface area (Å²) in [7, 11) is 0. The minimum absolute atomic E-state index is 0.378. The predicted octanol–water partition coefficient (Wildman–Crippen LogP) is 3.41. The Labute approximate surface area is 108 Å². The van der Waals surface area contributed by atoms with Crippen molar-refractivity contribution >= 4 is 5.69 Å². The van der Waals surface area contributed by atoms with E-state index in [2.05, 4.69) is 48.6 Å². The molecule has 2 aromatic rings. The normalized spacial score (nSPS) is 17.1. The van der Waals surface area contributed by atoms with E-state index in [9.17, 15) is 0 Å². The van der Waals surface area contributed by atoms with Crippen molar-refractivity contribution in [3.63, 3.8) is 0 Å². The van der Waals surface area contributed by atoms with E-state index >= 15 is 0 Å². The molecule has 0 aromatic heterocycles. The van der Waals surface area contributed by atoms with Crippen LogP contribution in [0.3, 0.4) is 0 Å². The lowest BCUT2D eigenvalue weighted by atomic mass is 10.1. The summed E-state index contributed by atoms with van der Waals surface area (Å²) in [5, 5.41) is 3.49. The fraction of sp³-hybridized carbons (Fsp3) is 0.250. The lowest BCUT2D eigenvalue weighted by Gasteiger charge is -2.13. The van der Waals surface area contributed by atoms with Gasteiger partial charge in [0.15, 0.2) is 0 Å². The molecule has 1 aliphatic heterocycles. The van der Waals surface area contributed by atoms with E-state index in [-0.39, 0.29) is 0 Å². The third-order valence-corrected chi connectivity index (χ3v) is 3.28. The van der Waals surface area contributed by atoms with Gasteiger partial charge in [-0.15, -0.1) is 0 Å². The lowest BCUT2D eigenvalue weighted by molar-refractivity contribution is 0.299. The van der Waals surface area contributed by atoms with Gasteiger partial charge in [0.2, 0.25) is 0 Å². The minimum atomic E-state index is 0.378. The summed E-state index contributed by atoms with van der Waals surface area (Å²) in [6.07, 6.45) is 1.04. The van der Waals surface area contributed by atoms with Gasteiger partial charge in [0.05, 0.1) is 6.04 Å². The van der Waals surface area contributed by atoms with Crippen LogP contribution in [0.5, 0.6) is 5.75 Å². The number of hydrogen-bond donors (Lipinski definition) is 1. The van der Waals surface area contributed by atoms with Crippen molar-refractivity contribution in [2.24, 2.45) is 0 Å². The van der Waals surface area contributed by atoms with Gasteiger partial charge in [0.25, 0.3) is 0 Å². The molecule has 1 aliphatic rings. The molecular weight excluding hydrogens is 222 g/mol. The molecule has 2 heteroatoms. The van der Waals surface area contributed by atoms with Crippen LogP contribution in [0.1, 0.15) is 11.1 Å². The van der Waals surface area contributed by atoms with E-state index in [1.807, 2.05) is 12.1 Å². The Kier molecular flexibility index (Phi) is 2.93. The molecular formula is C16H17NO. The maximum Gasteiger partial charge on any atom is 0.119 e. The topological polar surface area (TPSA) is 21.3 Å². The van der Waals surface area contributed by atoms with E-state index < -0.39 is 0 Å². The number of fused-ring (bicyclic) bond motifs is 1. The molecule has 2 aromatic carbocycles. The van der Waals surface area contributed by atoms with E-state index in [4.69, 9.17) is 4.74 Å². The van der Waals surface area contributed by atoms with E-state index in [0.29, 0.717) is 12.6 Å². The molecule has 92 valence electrons. The van der Waals surface area contributed by atoms with Crippen molar-refractivity contribution in [2.75, 3.05) is 11.9 Å². The SMILES string of the molecule is Cc1cccc(OCC2Cc3ccccc3N2)c1. The summed E-state index contributed by atoms with van der Waals surface area (Å²) in [4.78, 5) is 0. The van der Waals surface area contributed by atoms with Gasteiger partial charge in [0, 0.05) is 5.69 Å². The van der Waals surface area contributed by atoms with Crippen LogP contribution < -0.4 is 10.1 Å². The van der Waals surface area contributed by atoms with Gasteiger partial charge in [-0.3, -0.25) is 0 Å². The highest BCUT2D eigenvalue weighted by Crippen LogP contribution is 2.25. The van der Waals surface area contributed by atoms with Crippen LogP contribution in [0, 0.1) is 6.92 Å². The Morgan fingerprint density at radius 1 is 1.17 bits per heavy atom. The van der Waals surface area contributed by atoms with Crippen molar-refractivity contribution in [1.82, 2.24) is 0 Å². The van der Waals surface area contributed by atoms with Crippen LogP contribution in [-0.2, 0) is 6.42 Å². The number of hydrogen-bond acceptors (Lipinski definition) is 2. The number of anilines is 1. The minimum Gasteiger partial charge on any atom is -0.491 e. The van der Waals surface area contributed by atoms with Gasteiger partial charge in [-0.25, -0.2) is 0 Å². The van der Waals surface area contributed by atoms with Crippen molar-refractivity contribution in [3.8, 4) is 5.75 Å². The van der Waals surface area contributed by atoms with Crippen LogP contribution in [0.4, 0.5) is 5.69 Å². The van der Waals surface area contributed by atoms with Gasteiger partial charge in [-0.05, 0) is 42.7 Å². The maximum absolute atomic E-state index is 5.84. The summed E-state index contributed by atoms with van der Waals surface area (Å²) >= 11 is 0. The molecule has 0 aliphatic carbocycles. The second-order valence-corrected chi connectivity index (χ2v) is 4.83. The van der Waals surface area contributed by atoms with Crippen molar-refractivity contribution in [1.29, 1.82) is 0 Å². The van der Waals surface area contributed by atoms with Crippen molar-refractivity contribution in [3.05, 3.63) is 59.7 Å². The first-order valence-corrected chi connectivity index (χ1v) is 6.35. The van der Waals surface area contributed by atoms with Crippen molar-refractivity contribution in [2.45, 2.75) is 19.4 Å². The fourth-order valence-corrected chi connectivity index (χ4v) is 2.38. The Balaban J connectivity index is 1.60. The second-order valence-electron chi connectivity index (χ2n) is 4.83. The third kappa shape index (κ3) is 2.33. The number of rotatable bonds is 3. The van der Waals surface area contributed by atoms with Gasteiger partial charge < -0.3 is 10.1 Å². The van der Waals surface area contributed by atoms with Crippen LogP contribution in [0.25, 0.3) is 0 Å². The number of benzene rings is 2. The van der Waals surface area contributed by atoms with Crippen LogP contribution >= 0.6 is 0 Å². The summed E-state index contributed by atoms with van der Waals surface area (Å²) in [5.74, 6) is 0.952. The number of ether oxygens (including phenoxy) is 1. The molecule has 1 heterocycles. The van der Waals surface area contributed by atoms with Gasteiger partial charge in [0.1, 0.15) is 12.4 Å². The highest BCUT2D eigenvalue weighted by molar-refractivity contribution is 5.56. The predicted molar refractivity (Wildman–Crippen MR) is 74.2 cm³/mol. The highest BCUT2D eigenvalue weighted by Gasteiger charge is 2.20. The first-order chi connectivity index (χ1) is 8.81. The maximum atomic E-state index is 5.84. The lowest BCUT2D eigenvalue weighted by Crippen LogP contribution is -2.24. The number of para-hydroxylation sites is 1. The van der Waals surface area contributed by atoms with Gasteiger partial charge in [-0.2, -0.15) is 0 Å². The van der Waals surface area contributed by atoms with E-state index in [1.54, 1.807) is 0 Å². The molecule has 0 bridgehead atoms. The molecule has 3 rings (SSSR count). The molecule has 2 nitrogen and oxygen atoms in total. The average Bonchev–Trinajstić information content (AvgIpc) is 2.79. The summed E-state index contributed by atoms with van der Waals surface area (Å²) in [5.41, 5.74) is 3.86. The zero-order valence-electron chi connectivity index (χ0n) is 10.5. The first-order valence-electron chi connectivity index (χ1n) is 6.35. The smallest absolute Gasteiger partial charge is 0.119 e. The fourth-order valence-electron chi connectivity index (χ4n) is 2.38. The molecule has 18 heavy (non-hydrogen) atoms. The molecule has 0 radical (unpaired) electrons. The quantitative estimate of drug-likeness (QED) is 0.886. The van der Waals surface area contributed by atoms with E-state index in [1.165, 1.54) is 16.8 Å². The van der Waals surface area contributed by atoms with Crippen LogP contribution in [-0.4, -0.2) is 12.6 Å². The average molecular weight is 239 g/mol. The summed E-state index contributed by atoms with van der Waals surface area (Å²) < 4.78 is 5.84. The van der Waals surface area contributed by atoms with Gasteiger partial charge in [-0.1, -0.05) is 30.3 Å². The Morgan fingerprint density at radius 2 is 2.06 bits per heavy atom. The van der Waals surface area contributed by atoms with Crippen LogP contribution in [0.2, 0.25) is 0 Å². The molecule has 1 N–H and O–H groups in total. The largest absolute Gasteiger partial charge is 0.491 e. The monoisotopic (exact) mass is 239 g/mol. The molecule has 1 unspecified atom stereocenters. The van der Waals surface area contributed by atoms with E-state index in [0.717, 1.165) is 12.2 Å². The Hall–Kier alpha value is -1.96. The highest BCUT2D eigenvalue weighted by atomic mass is 16.5. The molecule has 0 saturated heterocycles. The number of nitrogens with one attached hydrogen (secondary N) is 1. The van der Waals surface area contributed by atoms with Crippen molar-refractivity contribution < 1.29 is 4.74 Å². The Bertz CT molecular complexity index is 525. The zero-order valence-corrected chi connectivity index (χ0v) is 10.5. The second kappa shape index (κ2) is 4.73. The van der Waals surface area contributed by atoms with Gasteiger partial charge >= 0.3 is 0 Å². The molecule has 0 spiro atoms. The third-order valence-electron chi connectivity index (χ3n) is 3.28. The number of aryl methyl sites for hydroxylation is 1. The summed E-state index contributed by atoms with van der Waals surface area (Å²) in [6.45, 7) is 2.79. The zero-order chi connectivity index (χ0) is 12.4. The van der Waals surface area contributed by atoms with Crippen LogP contribution in [0.15, 0.2) is 48.5 Å². The molecule has 0 saturated carbocycles.